The van der Waals surface area contributed by atoms with Gasteiger partial charge in [0, 0.05) is 10.4 Å². The molecular formula is C31H25Br. The van der Waals surface area contributed by atoms with Gasteiger partial charge in [-0.3, -0.25) is 0 Å². The molecule has 32 heavy (non-hydrogen) atoms. The highest BCUT2D eigenvalue weighted by Crippen LogP contribution is 2.35. The highest BCUT2D eigenvalue weighted by molar-refractivity contribution is 9.10. The Bertz CT molecular complexity index is 1300. The molecule has 0 fully saturated rings. The van der Waals surface area contributed by atoms with Crippen LogP contribution in [0.3, 0.4) is 0 Å². The average molecular weight is 477 g/mol. The van der Waals surface area contributed by atoms with E-state index in [0.29, 0.717) is 5.92 Å². The molecule has 0 bridgehead atoms. The number of rotatable bonds is 6. The minimum Gasteiger partial charge on any atom is -0.0622 e. The Morgan fingerprint density at radius 2 is 1.22 bits per heavy atom. The fourth-order valence-corrected chi connectivity index (χ4v) is 4.82. The summed E-state index contributed by atoms with van der Waals surface area (Å²) in [5.74, 6) is 0.342. The van der Waals surface area contributed by atoms with Crippen LogP contribution in [0, 0.1) is 0 Å². The van der Waals surface area contributed by atoms with Gasteiger partial charge in [0.1, 0.15) is 0 Å². The zero-order chi connectivity index (χ0) is 21.8. The number of hydrogen-bond donors (Lipinski definition) is 0. The molecule has 0 aromatic heterocycles. The molecule has 1 atom stereocenters. The molecule has 1 heteroatoms. The van der Waals surface area contributed by atoms with E-state index in [2.05, 4.69) is 137 Å². The monoisotopic (exact) mass is 476 g/mol. The molecular weight excluding hydrogens is 452 g/mol. The van der Waals surface area contributed by atoms with Crippen molar-refractivity contribution in [3.8, 4) is 11.1 Å². The Hall–Kier alpha value is -3.16. The summed E-state index contributed by atoms with van der Waals surface area (Å²) in [5.41, 5.74) is 6.68. The molecule has 156 valence electrons. The quantitative estimate of drug-likeness (QED) is 0.229. The summed E-state index contributed by atoms with van der Waals surface area (Å²) in [6.07, 6.45) is 2.11. The standard InChI is InChI=1S/C31H25Br/c32-28-20-13-23(14-21-28)15-22-30(31-12-6-10-26-9-4-5-11-29(26)31)27-18-16-25(17-19-27)24-7-2-1-3-8-24/h1-14,16-21,30H,15,22H2. The molecule has 5 rings (SSSR count). The van der Waals surface area contributed by atoms with Gasteiger partial charge in [0.2, 0.25) is 0 Å². The van der Waals surface area contributed by atoms with Crippen LogP contribution >= 0.6 is 15.9 Å². The Morgan fingerprint density at radius 3 is 2.00 bits per heavy atom. The van der Waals surface area contributed by atoms with E-state index in [4.69, 9.17) is 0 Å². The maximum absolute atomic E-state index is 3.55. The zero-order valence-corrected chi connectivity index (χ0v) is 19.5. The lowest BCUT2D eigenvalue weighted by molar-refractivity contribution is 0.720. The Labute approximate surface area is 198 Å². The van der Waals surface area contributed by atoms with Crippen LogP contribution < -0.4 is 0 Å². The van der Waals surface area contributed by atoms with Gasteiger partial charge in [-0.15, -0.1) is 0 Å². The van der Waals surface area contributed by atoms with Gasteiger partial charge in [-0.1, -0.05) is 125 Å². The van der Waals surface area contributed by atoms with Crippen molar-refractivity contribution in [2.24, 2.45) is 0 Å². The molecule has 0 amide bonds. The number of fused-ring (bicyclic) bond motifs is 1. The third-order valence-electron chi connectivity index (χ3n) is 6.25. The number of halogens is 1. The fourth-order valence-electron chi connectivity index (χ4n) is 4.56. The van der Waals surface area contributed by atoms with E-state index in [0.717, 1.165) is 17.3 Å². The third-order valence-corrected chi connectivity index (χ3v) is 6.78. The van der Waals surface area contributed by atoms with Crippen molar-refractivity contribution in [2.75, 3.05) is 0 Å². The smallest absolute Gasteiger partial charge is 0.0175 e. The van der Waals surface area contributed by atoms with Gasteiger partial charge in [0.05, 0.1) is 0 Å². The molecule has 5 aromatic rings. The van der Waals surface area contributed by atoms with Gasteiger partial charge in [0.15, 0.2) is 0 Å². The summed E-state index contributed by atoms with van der Waals surface area (Å²) in [5, 5.41) is 2.66. The largest absolute Gasteiger partial charge is 0.0622 e. The molecule has 0 saturated heterocycles. The first-order valence-corrected chi connectivity index (χ1v) is 11.9. The lowest BCUT2D eigenvalue weighted by atomic mass is 9.83. The minimum atomic E-state index is 0.342. The van der Waals surface area contributed by atoms with Crippen molar-refractivity contribution < 1.29 is 0 Å². The van der Waals surface area contributed by atoms with Crippen LogP contribution in [0.1, 0.15) is 29.0 Å². The minimum absolute atomic E-state index is 0.342. The lowest BCUT2D eigenvalue weighted by Crippen LogP contribution is -2.04. The van der Waals surface area contributed by atoms with Crippen LogP contribution in [0.5, 0.6) is 0 Å². The number of aryl methyl sites for hydroxylation is 1. The fraction of sp³-hybridized carbons (Fsp3) is 0.0968. The van der Waals surface area contributed by atoms with Crippen molar-refractivity contribution in [1.82, 2.24) is 0 Å². The third kappa shape index (κ3) is 4.54. The topological polar surface area (TPSA) is 0 Å². The van der Waals surface area contributed by atoms with Crippen molar-refractivity contribution in [3.05, 3.63) is 142 Å². The highest BCUT2D eigenvalue weighted by Gasteiger charge is 2.17. The zero-order valence-electron chi connectivity index (χ0n) is 17.9. The number of hydrogen-bond acceptors (Lipinski definition) is 0. The van der Waals surface area contributed by atoms with Gasteiger partial charge in [-0.25, -0.2) is 0 Å². The van der Waals surface area contributed by atoms with E-state index < -0.39 is 0 Å². The molecule has 1 unspecified atom stereocenters. The Balaban J connectivity index is 1.52. The maximum atomic E-state index is 3.55. The Kier molecular flexibility index (Phi) is 6.18. The summed E-state index contributed by atoms with van der Waals surface area (Å²) in [6, 6.07) is 43.9. The molecule has 5 aromatic carbocycles. The van der Waals surface area contributed by atoms with E-state index in [-0.39, 0.29) is 0 Å². The van der Waals surface area contributed by atoms with Crippen molar-refractivity contribution in [1.29, 1.82) is 0 Å². The van der Waals surface area contributed by atoms with Crippen molar-refractivity contribution in [3.63, 3.8) is 0 Å². The van der Waals surface area contributed by atoms with Gasteiger partial charge < -0.3 is 0 Å². The predicted molar refractivity (Wildman–Crippen MR) is 140 cm³/mol. The number of benzene rings is 5. The normalized spacial score (nSPS) is 12.0. The van der Waals surface area contributed by atoms with E-state index in [1.54, 1.807) is 0 Å². The average Bonchev–Trinajstić information content (AvgIpc) is 2.86. The SMILES string of the molecule is Brc1ccc(CCC(c2ccc(-c3ccccc3)cc2)c2cccc3ccccc23)cc1. The molecule has 0 nitrogen and oxygen atoms in total. The van der Waals surface area contributed by atoms with Gasteiger partial charge >= 0.3 is 0 Å². The van der Waals surface area contributed by atoms with Crippen LogP contribution in [0.4, 0.5) is 0 Å². The van der Waals surface area contributed by atoms with Crippen molar-refractivity contribution >= 4 is 26.7 Å². The molecule has 0 spiro atoms. The van der Waals surface area contributed by atoms with Gasteiger partial charge in [0.25, 0.3) is 0 Å². The summed E-state index contributed by atoms with van der Waals surface area (Å²) in [4.78, 5) is 0. The second kappa shape index (κ2) is 9.54. The maximum Gasteiger partial charge on any atom is 0.0175 e. The molecule has 0 aliphatic carbocycles. The molecule has 0 saturated carbocycles. The van der Waals surface area contributed by atoms with Gasteiger partial charge in [-0.05, 0) is 63.6 Å². The van der Waals surface area contributed by atoms with Crippen LogP contribution in [-0.2, 0) is 6.42 Å². The second-order valence-electron chi connectivity index (χ2n) is 8.27. The molecule has 0 heterocycles. The van der Waals surface area contributed by atoms with E-state index in [1.165, 1.54) is 38.6 Å². The van der Waals surface area contributed by atoms with Crippen LogP contribution in [0.25, 0.3) is 21.9 Å². The van der Waals surface area contributed by atoms with Crippen molar-refractivity contribution in [2.45, 2.75) is 18.8 Å². The summed E-state index contributed by atoms with van der Waals surface area (Å²) in [7, 11) is 0. The van der Waals surface area contributed by atoms with Crippen LogP contribution in [0.2, 0.25) is 0 Å². The summed E-state index contributed by atoms with van der Waals surface area (Å²) < 4.78 is 1.13. The summed E-state index contributed by atoms with van der Waals surface area (Å²) in [6.45, 7) is 0. The highest BCUT2D eigenvalue weighted by atomic mass is 79.9. The second-order valence-corrected chi connectivity index (χ2v) is 9.19. The molecule has 0 aliphatic rings. The van der Waals surface area contributed by atoms with E-state index >= 15 is 0 Å². The Morgan fingerprint density at radius 1 is 0.562 bits per heavy atom. The van der Waals surface area contributed by atoms with Crippen LogP contribution in [0.15, 0.2) is 126 Å². The van der Waals surface area contributed by atoms with E-state index in [1.807, 2.05) is 0 Å². The summed E-state index contributed by atoms with van der Waals surface area (Å²) >= 11 is 3.55. The van der Waals surface area contributed by atoms with E-state index in [9.17, 15) is 0 Å². The molecule has 0 aliphatic heterocycles. The lowest BCUT2D eigenvalue weighted by Gasteiger charge is -2.21. The van der Waals surface area contributed by atoms with Gasteiger partial charge in [-0.2, -0.15) is 0 Å². The first-order chi connectivity index (χ1) is 15.8. The predicted octanol–water partition coefficient (Wildman–Crippen LogP) is 9.03. The molecule has 0 radical (unpaired) electrons. The molecule has 0 N–H and O–H groups in total. The first-order valence-electron chi connectivity index (χ1n) is 11.2. The van der Waals surface area contributed by atoms with Crippen LogP contribution in [-0.4, -0.2) is 0 Å². The first kappa shape index (κ1) is 20.7.